The summed E-state index contributed by atoms with van der Waals surface area (Å²) < 4.78 is 1.34. The highest BCUT2D eigenvalue weighted by molar-refractivity contribution is 9.10. The second-order valence-corrected chi connectivity index (χ2v) is 7.92. The maximum absolute atomic E-state index is 6.06. The van der Waals surface area contributed by atoms with Crippen LogP contribution in [0.1, 0.15) is 24.3 Å². The Bertz CT molecular complexity index is 579. The largest absolute Gasteiger partial charge is 0.329 e. The van der Waals surface area contributed by atoms with Crippen molar-refractivity contribution in [1.82, 2.24) is 0 Å². The zero-order chi connectivity index (χ0) is 14.0. The number of rotatable bonds is 4. The Labute approximate surface area is 133 Å². The molecule has 1 saturated carbocycles. The van der Waals surface area contributed by atoms with E-state index in [1.807, 2.05) is 11.8 Å². The van der Waals surface area contributed by atoms with Crippen molar-refractivity contribution in [2.75, 3.05) is 6.54 Å². The van der Waals surface area contributed by atoms with Crippen molar-refractivity contribution >= 4 is 27.7 Å². The van der Waals surface area contributed by atoms with Gasteiger partial charge in [0, 0.05) is 20.7 Å². The molecular formula is C17H18BrNS. The molecule has 2 aromatic rings. The van der Waals surface area contributed by atoms with Crippen LogP contribution in [0, 0.1) is 0 Å². The maximum atomic E-state index is 6.06. The van der Waals surface area contributed by atoms with E-state index in [0.29, 0.717) is 5.92 Å². The Hall–Kier alpha value is -0.770. The number of thioether (sulfide) groups is 1. The van der Waals surface area contributed by atoms with Gasteiger partial charge in [0.1, 0.15) is 0 Å². The third kappa shape index (κ3) is 2.95. The average molecular weight is 348 g/mol. The smallest absolute Gasteiger partial charge is 0.0341 e. The highest BCUT2D eigenvalue weighted by Crippen LogP contribution is 2.54. The molecule has 1 aliphatic rings. The second-order valence-electron chi connectivity index (χ2n) is 5.46. The van der Waals surface area contributed by atoms with Crippen LogP contribution < -0.4 is 5.73 Å². The number of benzene rings is 2. The molecular weight excluding hydrogens is 330 g/mol. The molecule has 0 bridgehead atoms. The minimum absolute atomic E-state index is 0.210. The van der Waals surface area contributed by atoms with Gasteiger partial charge in [-0.2, -0.15) is 0 Å². The van der Waals surface area contributed by atoms with E-state index >= 15 is 0 Å². The molecule has 2 N–H and O–H groups in total. The van der Waals surface area contributed by atoms with Crippen LogP contribution in [0.3, 0.4) is 0 Å². The summed E-state index contributed by atoms with van der Waals surface area (Å²) in [5.41, 5.74) is 7.51. The first kappa shape index (κ1) is 14.2. The van der Waals surface area contributed by atoms with Crippen molar-refractivity contribution in [2.45, 2.75) is 28.4 Å². The number of hydrogen-bond acceptors (Lipinski definition) is 2. The zero-order valence-electron chi connectivity index (χ0n) is 11.3. The van der Waals surface area contributed by atoms with E-state index in [4.69, 9.17) is 5.73 Å². The molecule has 0 heterocycles. The molecule has 20 heavy (non-hydrogen) atoms. The molecule has 1 nitrogen and oxygen atoms in total. The van der Waals surface area contributed by atoms with Crippen LogP contribution >= 0.6 is 27.7 Å². The minimum atomic E-state index is 0.210. The molecule has 0 amide bonds. The molecule has 0 aliphatic heterocycles. The summed E-state index contributed by atoms with van der Waals surface area (Å²) in [5, 5.41) is 0. The summed E-state index contributed by atoms with van der Waals surface area (Å²) >= 11 is 5.47. The average Bonchev–Trinajstić information content (AvgIpc) is 2.43. The van der Waals surface area contributed by atoms with Crippen molar-refractivity contribution in [3.8, 4) is 0 Å². The Kier molecular flexibility index (Phi) is 4.20. The van der Waals surface area contributed by atoms with Crippen molar-refractivity contribution < 1.29 is 0 Å². The fourth-order valence-electron chi connectivity index (χ4n) is 2.87. The van der Waals surface area contributed by atoms with Gasteiger partial charge in [0.2, 0.25) is 0 Å². The van der Waals surface area contributed by atoms with Gasteiger partial charge in [-0.3, -0.25) is 0 Å². The van der Waals surface area contributed by atoms with E-state index in [-0.39, 0.29) is 4.75 Å². The molecule has 1 aliphatic carbocycles. The van der Waals surface area contributed by atoms with Crippen LogP contribution in [0.5, 0.6) is 0 Å². The molecule has 0 aromatic heterocycles. The van der Waals surface area contributed by atoms with Crippen molar-refractivity contribution in [3.05, 3.63) is 64.6 Å². The molecule has 0 saturated heterocycles. The van der Waals surface area contributed by atoms with Crippen molar-refractivity contribution in [1.29, 1.82) is 0 Å². The molecule has 1 fully saturated rings. The van der Waals surface area contributed by atoms with E-state index in [1.54, 1.807) is 0 Å². The molecule has 0 unspecified atom stereocenters. The summed E-state index contributed by atoms with van der Waals surface area (Å²) in [6.07, 6.45) is 2.34. The fraction of sp³-hybridized carbons (Fsp3) is 0.294. The predicted molar refractivity (Wildman–Crippen MR) is 90.2 cm³/mol. The summed E-state index contributed by atoms with van der Waals surface area (Å²) in [5.74, 6) is 0.666. The van der Waals surface area contributed by atoms with Gasteiger partial charge < -0.3 is 5.73 Å². The molecule has 0 spiro atoms. The normalized spacial score (nSPS) is 25.2. The van der Waals surface area contributed by atoms with E-state index in [2.05, 4.69) is 70.5 Å². The minimum Gasteiger partial charge on any atom is -0.329 e. The van der Waals surface area contributed by atoms with Crippen LogP contribution in [0.4, 0.5) is 0 Å². The zero-order valence-corrected chi connectivity index (χ0v) is 13.7. The standard InChI is InChI=1S/C17H18BrNS/c18-15-7-4-8-16(9-15)20-17(12-19)10-14(11-17)13-5-2-1-3-6-13/h1-9,14H,10-12,19H2. The third-order valence-electron chi connectivity index (χ3n) is 4.01. The predicted octanol–water partition coefficient (Wildman–Crippen LogP) is 4.82. The van der Waals surface area contributed by atoms with Crippen LogP contribution in [0.25, 0.3) is 0 Å². The molecule has 0 atom stereocenters. The Morgan fingerprint density at radius 3 is 2.50 bits per heavy atom. The molecule has 3 heteroatoms. The first-order chi connectivity index (χ1) is 9.71. The fourth-order valence-corrected chi connectivity index (χ4v) is 4.91. The van der Waals surface area contributed by atoms with E-state index < -0.39 is 0 Å². The van der Waals surface area contributed by atoms with Crippen molar-refractivity contribution in [2.24, 2.45) is 5.73 Å². The third-order valence-corrected chi connectivity index (χ3v) is 5.93. The summed E-state index contributed by atoms with van der Waals surface area (Å²) in [6.45, 7) is 0.744. The van der Waals surface area contributed by atoms with Gasteiger partial charge in [-0.05, 0) is 42.5 Å². The monoisotopic (exact) mass is 347 g/mol. The van der Waals surface area contributed by atoms with Crippen LogP contribution in [0.2, 0.25) is 0 Å². The van der Waals surface area contributed by atoms with Gasteiger partial charge in [0.05, 0.1) is 0 Å². The Morgan fingerprint density at radius 1 is 1.10 bits per heavy atom. The van der Waals surface area contributed by atoms with E-state index in [1.165, 1.54) is 23.3 Å². The SMILES string of the molecule is NCC1(Sc2cccc(Br)c2)CC(c2ccccc2)C1. The maximum Gasteiger partial charge on any atom is 0.0341 e. The molecule has 0 radical (unpaired) electrons. The first-order valence-corrected chi connectivity index (χ1v) is 8.51. The van der Waals surface area contributed by atoms with Gasteiger partial charge in [-0.25, -0.2) is 0 Å². The summed E-state index contributed by atoms with van der Waals surface area (Å²) in [6, 6.07) is 19.3. The van der Waals surface area contributed by atoms with Crippen LogP contribution in [-0.2, 0) is 0 Å². The van der Waals surface area contributed by atoms with Gasteiger partial charge in [-0.1, -0.05) is 52.3 Å². The van der Waals surface area contributed by atoms with E-state index in [0.717, 1.165) is 11.0 Å². The van der Waals surface area contributed by atoms with E-state index in [9.17, 15) is 0 Å². The lowest BCUT2D eigenvalue weighted by Crippen LogP contribution is -2.45. The number of hydrogen-bond donors (Lipinski definition) is 1. The van der Waals surface area contributed by atoms with Crippen molar-refractivity contribution in [3.63, 3.8) is 0 Å². The van der Waals surface area contributed by atoms with Gasteiger partial charge in [-0.15, -0.1) is 11.8 Å². The highest BCUT2D eigenvalue weighted by atomic mass is 79.9. The second kappa shape index (κ2) is 5.92. The van der Waals surface area contributed by atoms with Gasteiger partial charge in [0.15, 0.2) is 0 Å². The van der Waals surface area contributed by atoms with Crippen LogP contribution in [0.15, 0.2) is 64.0 Å². The highest BCUT2D eigenvalue weighted by Gasteiger charge is 2.44. The van der Waals surface area contributed by atoms with Gasteiger partial charge >= 0.3 is 0 Å². The van der Waals surface area contributed by atoms with Gasteiger partial charge in [0.25, 0.3) is 0 Å². The topological polar surface area (TPSA) is 26.0 Å². The number of halogens is 1. The lowest BCUT2D eigenvalue weighted by molar-refractivity contribution is 0.313. The lowest BCUT2D eigenvalue weighted by atomic mass is 9.70. The Balaban J connectivity index is 1.70. The first-order valence-electron chi connectivity index (χ1n) is 6.90. The quantitative estimate of drug-likeness (QED) is 0.858. The summed E-state index contributed by atoms with van der Waals surface area (Å²) in [4.78, 5) is 1.30. The molecule has 104 valence electrons. The number of nitrogens with two attached hydrogens (primary N) is 1. The summed E-state index contributed by atoms with van der Waals surface area (Å²) in [7, 11) is 0. The van der Waals surface area contributed by atoms with Crippen LogP contribution in [-0.4, -0.2) is 11.3 Å². The Morgan fingerprint density at radius 2 is 1.85 bits per heavy atom. The molecule has 2 aromatic carbocycles. The molecule has 3 rings (SSSR count). The lowest BCUT2D eigenvalue weighted by Gasteiger charge is -2.47.